The lowest BCUT2D eigenvalue weighted by Gasteiger charge is -2.27. The standard InChI is InChI=1S/C16H16N2O5S/c1-24(21,22)11-6-7-14(15(10-11)18(19)20)17-13-8-9-23-16-5-3-2-4-12(13)16/h2-7,10,13,17H,8-9H2,1H3/t13-/m1/s1. The molecule has 0 saturated carbocycles. The second-order valence-corrected chi connectivity index (χ2v) is 7.60. The molecule has 1 heterocycles. The number of benzene rings is 2. The maximum atomic E-state index is 11.6. The van der Waals surface area contributed by atoms with Crippen LogP contribution in [0.5, 0.6) is 5.75 Å². The molecule has 24 heavy (non-hydrogen) atoms. The van der Waals surface area contributed by atoms with E-state index in [1.165, 1.54) is 12.1 Å². The summed E-state index contributed by atoms with van der Waals surface area (Å²) in [5.41, 5.74) is 0.946. The van der Waals surface area contributed by atoms with Gasteiger partial charge in [-0.2, -0.15) is 0 Å². The van der Waals surface area contributed by atoms with E-state index in [-0.39, 0.29) is 22.3 Å². The van der Waals surface area contributed by atoms with Crippen LogP contribution < -0.4 is 10.1 Å². The molecule has 0 bridgehead atoms. The molecule has 0 unspecified atom stereocenters. The van der Waals surface area contributed by atoms with Crippen LogP contribution in [-0.2, 0) is 9.84 Å². The molecule has 2 aromatic carbocycles. The van der Waals surface area contributed by atoms with Gasteiger partial charge in [0.05, 0.1) is 22.5 Å². The number of hydrogen-bond acceptors (Lipinski definition) is 6. The fourth-order valence-electron chi connectivity index (χ4n) is 2.69. The van der Waals surface area contributed by atoms with Gasteiger partial charge >= 0.3 is 0 Å². The first-order valence-corrected chi connectivity index (χ1v) is 9.22. The number of hydrogen-bond donors (Lipinski definition) is 1. The second-order valence-electron chi connectivity index (χ2n) is 5.58. The molecule has 0 aromatic heterocycles. The molecule has 1 aliphatic rings. The third-order valence-corrected chi connectivity index (χ3v) is 4.99. The van der Waals surface area contributed by atoms with Gasteiger partial charge in [-0.05, 0) is 18.2 Å². The molecule has 7 nitrogen and oxygen atoms in total. The van der Waals surface area contributed by atoms with Gasteiger partial charge < -0.3 is 10.1 Å². The largest absolute Gasteiger partial charge is 0.493 e. The quantitative estimate of drug-likeness (QED) is 0.674. The number of nitrogens with one attached hydrogen (secondary N) is 1. The van der Waals surface area contributed by atoms with Gasteiger partial charge in [-0.1, -0.05) is 18.2 Å². The third kappa shape index (κ3) is 3.18. The van der Waals surface area contributed by atoms with Crippen molar-refractivity contribution in [2.24, 2.45) is 0 Å². The summed E-state index contributed by atoms with van der Waals surface area (Å²) in [6, 6.07) is 11.3. The Hall–Kier alpha value is -2.61. The molecule has 0 saturated heterocycles. The molecule has 0 spiro atoms. The number of nitro groups is 1. The summed E-state index contributed by atoms with van der Waals surface area (Å²) in [4.78, 5) is 10.7. The highest BCUT2D eigenvalue weighted by Gasteiger charge is 2.25. The highest BCUT2D eigenvalue weighted by atomic mass is 32.2. The highest BCUT2D eigenvalue weighted by molar-refractivity contribution is 7.90. The second kappa shape index (κ2) is 6.12. The smallest absolute Gasteiger partial charge is 0.293 e. The van der Waals surface area contributed by atoms with Gasteiger partial charge in [0.2, 0.25) is 0 Å². The zero-order valence-electron chi connectivity index (χ0n) is 12.9. The molecular formula is C16H16N2O5S. The lowest BCUT2D eigenvalue weighted by molar-refractivity contribution is -0.384. The van der Waals surface area contributed by atoms with Gasteiger partial charge in [0.25, 0.3) is 5.69 Å². The number of rotatable bonds is 4. The number of nitro benzene ring substituents is 1. The van der Waals surface area contributed by atoms with Crippen LogP contribution in [0.1, 0.15) is 18.0 Å². The normalized spacial score (nSPS) is 16.8. The fourth-order valence-corrected chi connectivity index (χ4v) is 3.34. The Labute approximate surface area is 139 Å². The predicted molar refractivity (Wildman–Crippen MR) is 89.1 cm³/mol. The number of fused-ring (bicyclic) bond motifs is 1. The Morgan fingerprint density at radius 1 is 1.25 bits per heavy atom. The van der Waals surface area contributed by atoms with Crippen molar-refractivity contribution < 1.29 is 18.1 Å². The summed E-state index contributed by atoms with van der Waals surface area (Å²) >= 11 is 0. The first-order valence-electron chi connectivity index (χ1n) is 7.33. The van der Waals surface area contributed by atoms with Crippen molar-refractivity contribution in [2.75, 3.05) is 18.2 Å². The lowest BCUT2D eigenvalue weighted by Crippen LogP contribution is -2.20. The average molecular weight is 348 g/mol. The summed E-state index contributed by atoms with van der Waals surface area (Å²) in [5, 5.41) is 14.5. The van der Waals surface area contributed by atoms with Crippen LogP contribution >= 0.6 is 0 Å². The molecule has 126 valence electrons. The summed E-state index contributed by atoms with van der Waals surface area (Å²) in [6.07, 6.45) is 1.68. The number of ether oxygens (including phenoxy) is 1. The van der Waals surface area contributed by atoms with Gasteiger partial charge in [-0.15, -0.1) is 0 Å². The van der Waals surface area contributed by atoms with Crippen LogP contribution in [0.3, 0.4) is 0 Å². The summed E-state index contributed by atoms with van der Waals surface area (Å²) in [6.45, 7) is 0.504. The van der Waals surface area contributed by atoms with Gasteiger partial charge in [0.15, 0.2) is 9.84 Å². The molecule has 1 atom stereocenters. The Kier molecular flexibility index (Phi) is 4.15. The third-order valence-electron chi connectivity index (χ3n) is 3.88. The molecule has 0 radical (unpaired) electrons. The SMILES string of the molecule is CS(=O)(=O)c1ccc(N[C@@H]2CCOc3ccccc32)c([N+](=O)[O-])c1. The number of sulfone groups is 1. The summed E-state index contributed by atoms with van der Waals surface area (Å²) < 4.78 is 28.8. The Balaban J connectivity index is 1.98. The van der Waals surface area contributed by atoms with E-state index in [0.29, 0.717) is 13.0 Å². The van der Waals surface area contributed by atoms with E-state index in [4.69, 9.17) is 4.74 Å². The first-order chi connectivity index (χ1) is 11.4. The van der Waals surface area contributed by atoms with Gasteiger partial charge in [-0.3, -0.25) is 10.1 Å². The zero-order valence-corrected chi connectivity index (χ0v) is 13.7. The molecule has 8 heteroatoms. The van der Waals surface area contributed by atoms with Crippen molar-refractivity contribution in [3.63, 3.8) is 0 Å². The van der Waals surface area contributed by atoms with Crippen molar-refractivity contribution in [3.8, 4) is 5.75 Å². The van der Waals surface area contributed by atoms with E-state index in [0.717, 1.165) is 23.6 Å². The minimum absolute atomic E-state index is 0.0767. The van der Waals surface area contributed by atoms with Crippen molar-refractivity contribution in [3.05, 3.63) is 58.1 Å². The van der Waals surface area contributed by atoms with E-state index in [2.05, 4.69) is 5.32 Å². The van der Waals surface area contributed by atoms with Crippen molar-refractivity contribution in [2.45, 2.75) is 17.4 Å². The van der Waals surface area contributed by atoms with Crippen LogP contribution in [-0.4, -0.2) is 26.2 Å². The van der Waals surface area contributed by atoms with Crippen LogP contribution in [0.4, 0.5) is 11.4 Å². The van der Waals surface area contributed by atoms with Crippen LogP contribution in [0.2, 0.25) is 0 Å². The predicted octanol–water partition coefficient (Wildman–Crippen LogP) is 2.93. The van der Waals surface area contributed by atoms with Crippen LogP contribution in [0.25, 0.3) is 0 Å². The Morgan fingerprint density at radius 2 is 2.00 bits per heavy atom. The van der Waals surface area contributed by atoms with Gasteiger partial charge in [0.1, 0.15) is 11.4 Å². The number of nitrogens with zero attached hydrogens (tertiary/aromatic N) is 1. The minimum atomic E-state index is -3.51. The molecule has 1 N–H and O–H groups in total. The average Bonchev–Trinajstić information content (AvgIpc) is 2.54. The Morgan fingerprint density at radius 3 is 2.71 bits per heavy atom. The molecule has 0 amide bonds. The van der Waals surface area contributed by atoms with Crippen molar-refractivity contribution in [1.82, 2.24) is 0 Å². The molecule has 0 aliphatic carbocycles. The van der Waals surface area contributed by atoms with E-state index < -0.39 is 14.8 Å². The van der Waals surface area contributed by atoms with E-state index in [9.17, 15) is 18.5 Å². The fraction of sp³-hybridized carbons (Fsp3) is 0.250. The molecule has 1 aliphatic heterocycles. The van der Waals surface area contributed by atoms with Crippen molar-refractivity contribution >= 4 is 21.2 Å². The van der Waals surface area contributed by atoms with E-state index >= 15 is 0 Å². The maximum Gasteiger partial charge on any atom is 0.293 e. The van der Waals surface area contributed by atoms with E-state index in [1.54, 1.807) is 0 Å². The number of para-hydroxylation sites is 1. The topological polar surface area (TPSA) is 98.5 Å². The molecule has 3 rings (SSSR count). The summed E-state index contributed by atoms with van der Waals surface area (Å²) in [5.74, 6) is 0.747. The Bertz CT molecular complexity index is 895. The van der Waals surface area contributed by atoms with Gasteiger partial charge in [0, 0.05) is 24.3 Å². The lowest BCUT2D eigenvalue weighted by atomic mass is 10.00. The van der Waals surface area contributed by atoms with Crippen LogP contribution in [0.15, 0.2) is 47.4 Å². The maximum absolute atomic E-state index is 11.6. The molecule has 2 aromatic rings. The highest BCUT2D eigenvalue weighted by Crippen LogP contribution is 2.37. The minimum Gasteiger partial charge on any atom is -0.493 e. The zero-order chi connectivity index (χ0) is 17.3. The van der Waals surface area contributed by atoms with Gasteiger partial charge in [-0.25, -0.2) is 8.42 Å². The molecule has 0 fully saturated rings. The number of anilines is 1. The monoisotopic (exact) mass is 348 g/mol. The summed E-state index contributed by atoms with van der Waals surface area (Å²) in [7, 11) is -3.51. The van der Waals surface area contributed by atoms with E-state index in [1.807, 2.05) is 24.3 Å². The first kappa shape index (κ1) is 16.3. The van der Waals surface area contributed by atoms with Crippen LogP contribution in [0, 0.1) is 10.1 Å². The molecular weight excluding hydrogens is 332 g/mol. The van der Waals surface area contributed by atoms with Crippen molar-refractivity contribution in [1.29, 1.82) is 0 Å².